The molecule has 2 aliphatic heterocycles. The Bertz CT molecular complexity index is 1450. The molecule has 0 fully saturated rings. The number of carbonyl (C=O) groups is 2. The number of nitrogens with zero attached hydrogens (tertiary/aromatic N) is 3. The van der Waals surface area contributed by atoms with Crippen molar-refractivity contribution in [3.05, 3.63) is 107 Å². The quantitative estimate of drug-likeness (QED) is 0.536. The second kappa shape index (κ2) is 7.67. The number of pyridine rings is 1. The van der Waals surface area contributed by atoms with Crippen molar-refractivity contribution >= 4 is 34.1 Å². The molecule has 33 heavy (non-hydrogen) atoms. The minimum atomic E-state index is -1.02. The van der Waals surface area contributed by atoms with Gasteiger partial charge in [0.05, 0.1) is 16.9 Å². The molecule has 0 bridgehead atoms. The highest BCUT2D eigenvalue weighted by Crippen LogP contribution is 2.36. The molecule has 6 rings (SSSR count). The first-order valence-electron chi connectivity index (χ1n) is 10.9. The van der Waals surface area contributed by atoms with Crippen molar-refractivity contribution in [3.63, 3.8) is 0 Å². The van der Waals surface area contributed by atoms with Gasteiger partial charge in [0.15, 0.2) is 0 Å². The van der Waals surface area contributed by atoms with Crippen molar-refractivity contribution in [1.29, 1.82) is 0 Å². The van der Waals surface area contributed by atoms with Crippen LogP contribution in [0.4, 0.5) is 5.69 Å². The smallest absolute Gasteiger partial charge is 0.272 e. The number of aliphatic imine (C=N–C) groups is 1. The van der Waals surface area contributed by atoms with E-state index in [1.165, 1.54) is 0 Å². The zero-order valence-electron chi connectivity index (χ0n) is 17.7. The summed E-state index contributed by atoms with van der Waals surface area (Å²) in [5.41, 5.74) is 5.82. The SMILES string of the molecule is O=C(NC1N=C(c2ccccc2)c2cccc3c2N(CC3)C1=O)c1ccc2ncccc2c1. The van der Waals surface area contributed by atoms with Crippen LogP contribution in [0.1, 0.15) is 27.0 Å². The van der Waals surface area contributed by atoms with Crippen LogP contribution in [0.5, 0.6) is 0 Å². The van der Waals surface area contributed by atoms with E-state index in [1.807, 2.05) is 54.6 Å². The van der Waals surface area contributed by atoms with Gasteiger partial charge in [-0.3, -0.25) is 14.6 Å². The lowest BCUT2D eigenvalue weighted by Crippen LogP contribution is -2.46. The number of fused-ring (bicyclic) bond motifs is 1. The van der Waals surface area contributed by atoms with Crippen LogP contribution < -0.4 is 10.2 Å². The molecule has 0 aliphatic carbocycles. The topological polar surface area (TPSA) is 74.7 Å². The molecule has 0 spiro atoms. The number of rotatable bonds is 3. The molecule has 1 atom stereocenters. The second-order valence-corrected chi connectivity index (χ2v) is 8.18. The van der Waals surface area contributed by atoms with Gasteiger partial charge in [-0.1, -0.05) is 54.6 Å². The molecule has 0 saturated heterocycles. The number of benzene rings is 3. The fraction of sp³-hybridized carbons (Fsp3) is 0.111. The summed E-state index contributed by atoms with van der Waals surface area (Å²) in [5.74, 6) is -0.566. The average Bonchev–Trinajstić information content (AvgIpc) is 3.26. The first kappa shape index (κ1) is 19.4. The van der Waals surface area contributed by atoms with E-state index in [0.717, 1.165) is 39.7 Å². The maximum Gasteiger partial charge on any atom is 0.272 e. The molecule has 2 aliphatic rings. The van der Waals surface area contributed by atoms with Crippen molar-refractivity contribution in [2.24, 2.45) is 4.99 Å². The maximum absolute atomic E-state index is 13.5. The van der Waals surface area contributed by atoms with Crippen LogP contribution in [0.25, 0.3) is 10.9 Å². The summed E-state index contributed by atoms with van der Waals surface area (Å²) in [7, 11) is 0. The van der Waals surface area contributed by atoms with Gasteiger partial charge in [-0.25, -0.2) is 4.99 Å². The zero-order chi connectivity index (χ0) is 22.4. The van der Waals surface area contributed by atoms with Gasteiger partial charge < -0.3 is 10.2 Å². The first-order chi connectivity index (χ1) is 16.2. The molecule has 0 radical (unpaired) electrons. The monoisotopic (exact) mass is 432 g/mol. The van der Waals surface area contributed by atoms with Gasteiger partial charge in [-0.05, 0) is 36.2 Å². The van der Waals surface area contributed by atoms with E-state index in [2.05, 4.69) is 16.4 Å². The highest BCUT2D eigenvalue weighted by atomic mass is 16.2. The van der Waals surface area contributed by atoms with Crippen molar-refractivity contribution in [3.8, 4) is 0 Å². The summed E-state index contributed by atoms with van der Waals surface area (Å²) < 4.78 is 0. The van der Waals surface area contributed by atoms with Gasteiger partial charge in [-0.2, -0.15) is 0 Å². The molecule has 1 N–H and O–H groups in total. The fourth-order valence-electron chi connectivity index (χ4n) is 4.61. The Morgan fingerprint density at radius 3 is 2.73 bits per heavy atom. The standard InChI is InChI=1S/C27H20N4O2/c32-26(20-11-12-22-19(16-20)9-5-14-28-22)30-25-27(33)31-15-13-18-8-4-10-21(24(18)31)23(29-25)17-6-2-1-3-7-17/h1-12,14,16,25H,13,15H2,(H,30,32). The number of amides is 2. The lowest BCUT2D eigenvalue weighted by Gasteiger charge is -2.21. The number of para-hydroxylation sites is 1. The van der Waals surface area contributed by atoms with Crippen molar-refractivity contribution < 1.29 is 9.59 Å². The van der Waals surface area contributed by atoms with E-state index in [1.54, 1.807) is 29.3 Å². The number of nitrogens with one attached hydrogen (secondary N) is 1. The van der Waals surface area contributed by atoms with Crippen LogP contribution in [0, 0.1) is 0 Å². The van der Waals surface area contributed by atoms with Gasteiger partial charge in [0.25, 0.3) is 11.8 Å². The number of hydrogen-bond acceptors (Lipinski definition) is 4. The highest BCUT2D eigenvalue weighted by Gasteiger charge is 2.37. The predicted octanol–water partition coefficient (Wildman–Crippen LogP) is 3.73. The Morgan fingerprint density at radius 1 is 0.970 bits per heavy atom. The molecule has 6 heteroatoms. The third-order valence-corrected chi connectivity index (χ3v) is 6.19. The third kappa shape index (κ3) is 3.27. The van der Waals surface area contributed by atoms with Crippen molar-refractivity contribution in [2.45, 2.75) is 12.6 Å². The number of hydrogen-bond donors (Lipinski definition) is 1. The molecule has 0 saturated carbocycles. The summed E-state index contributed by atoms with van der Waals surface area (Å²) >= 11 is 0. The normalized spacial score (nSPS) is 16.8. The maximum atomic E-state index is 13.5. The summed E-state index contributed by atoms with van der Waals surface area (Å²) in [4.78, 5) is 37.6. The van der Waals surface area contributed by atoms with Crippen molar-refractivity contribution in [1.82, 2.24) is 10.3 Å². The number of anilines is 1. The van der Waals surface area contributed by atoms with Gasteiger partial charge in [-0.15, -0.1) is 0 Å². The van der Waals surface area contributed by atoms with Gasteiger partial charge in [0.2, 0.25) is 6.17 Å². The number of carbonyl (C=O) groups excluding carboxylic acids is 2. The van der Waals surface area contributed by atoms with E-state index in [0.29, 0.717) is 17.8 Å². The van der Waals surface area contributed by atoms with Crippen LogP contribution >= 0.6 is 0 Å². The lowest BCUT2D eigenvalue weighted by atomic mass is 9.98. The molecular weight excluding hydrogens is 412 g/mol. The predicted molar refractivity (Wildman–Crippen MR) is 128 cm³/mol. The summed E-state index contributed by atoms with van der Waals surface area (Å²) in [5, 5.41) is 3.74. The van der Waals surface area contributed by atoms with E-state index in [9.17, 15) is 9.59 Å². The summed E-state index contributed by atoms with van der Waals surface area (Å²) in [6.07, 6.45) is 1.49. The molecular formula is C27H20N4O2. The van der Waals surface area contributed by atoms with Crippen LogP contribution in [0.15, 0.2) is 90.1 Å². The van der Waals surface area contributed by atoms with E-state index in [-0.39, 0.29) is 11.8 Å². The Kier molecular flexibility index (Phi) is 4.50. The van der Waals surface area contributed by atoms with E-state index < -0.39 is 6.17 Å². The Balaban J connectivity index is 1.42. The highest BCUT2D eigenvalue weighted by molar-refractivity contribution is 6.21. The van der Waals surface area contributed by atoms with Gasteiger partial charge in [0.1, 0.15) is 0 Å². The van der Waals surface area contributed by atoms with E-state index >= 15 is 0 Å². The van der Waals surface area contributed by atoms with Crippen LogP contribution in [0.3, 0.4) is 0 Å². The van der Waals surface area contributed by atoms with Gasteiger partial charge in [0, 0.05) is 34.8 Å². The largest absolute Gasteiger partial charge is 0.322 e. The Hall–Kier alpha value is -4.32. The van der Waals surface area contributed by atoms with Crippen LogP contribution in [0.2, 0.25) is 0 Å². The molecule has 2 amide bonds. The Labute approximate surface area is 190 Å². The third-order valence-electron chi connectivity index (χ3n) is 6.19. The molecule has 1 unspecified atom stereocenters. The molecule has 3 heterocycles. The lowest BCUT2D eigenvalue weighted by molar-refractivity contribution is -0.120. The molecule has 6 nitrogen and oxygen atoms in total. The first-order valence-corrected chi connectivity index (χ1v) is 10.9. The van der Waals surface area contributed by atoms with E-state index in [4.69, 9.17) is 4.99 Å². The average molecular weight is 432 g/mol. The molecule has 4 aromatic rings. The summed E-state index contributed by atoms with van der Waals surface area (Å²) in [6.45, 7) is 0.580. The molecule has 3 aromatic carbocycles. The molecule has 1 aromatic heterocycles. The van der Waals surface area contributed by atoms with Crippen LogP contribution in [-0.2, 0) is 11.2 Å². The van der Waals surface area contributed by atoms with Crippen LogP contribution in [-0.4, -0.2) is 35.2 Å². The zero-order valence-corrected chi connectivity index (χ0v) is 17.7. The fourth-order valence-corrected chi connectivity index (χ4v) is 4.61. The minimum absolute atomic E-state index is 0.220. The van der Waals surface area contributed by atoms with Gasteiger partial charge >= 0.3 is 0 Å². The summed E-state index contributed by atoms with van der Waals surface area (Å²) in [6, 6.07) is 24.9. The second-order valence-electron chi connectivity index (χ2n) is 8.18. The Morgan fingerprint density at radius 2 is 1.85 bits per heavy atom. The number of aromatic nitrogens is 1. The van der Waals surface area contributed by atoms with Crippen molar-refractivity contribution in [2.75, 3.05) is 11.4 Å². The minimum Gasteiger partial charge on any atom is -0.322 e. The molecule has 160 valence electrons.